The number of rotatable bonds is 6. The number of aliphatic hydroxyl groups is 1. The van der Waals surface area contributed by atoms with Crippen molar-refractivity contribution in [2.75, 3.05) is 6.54 Å². The van der Waals surface area contributed by atoms with Crippen molar-refractivity contribution >= 4 is 11.9 Å². The highest BCUT2D eigenvalue weighted by atomic mass is 16.5. The van der Waals surface area contributed by atoms with Crippen molar-refractivity contribution in [1.29, 1.82) is 0 Å². The average molecular weight is 669 g/mol. The summed E-state index contributed by atoms with van der Waals surface area (Å²) in [4.78, 5) is 32.0. The van der Waals surface area contributed by atoms with E-state index in [1.54, 1.807) is 31.5 Å². The molecule has 7 nitrogen and oxygen atoms in total. The number of fused-ring (bicyclic) bond motifs is 4. The normalized spacial score (nSPS) is 44.3. The molecule has 12 atom stereocenters. The Hall–Kier alpha value is -2.77. The Bertz CT molecular complexity index is 1600. The molecule has 8 unspecified atom stereocenters. The summed E-state index contributed by atoms with van der Waals surface area (Å²) in [7, 11) is 0. The third-order valence-electron chi connectivity index (χ3n) is 16.0. The summed E-state index contributed by atoms with van der Waals surface area (Å²) in [6, 6.07) is 13.8. The van der Waals surface area contributed by atoms with Crippen LogP contribution in [0, 0.1) is 50.7 Å². The van der Waals surface area contributed by atoms with E-state index in [9.17, 15) is 14.7 Å². The molecule has 1 N–H and O–H groups in total. The number of ether oxygens (including phenoxy) is 2. The van der Waals surface area contributed by atoms with E-state index in [1.807, 2.05) is 23.1 Å². The van der Waals surface area contributed by atoms with Crippen molar-refractivity contribution < 1.29 is 24.2 Å². The van der Waals surface area contributed by atoms with Gasteiger partial charge in [0.1, 0.15) is 6.10 Å². The summed E-state index contributed by atoms with van der Waals surface area (Å²) < 4.78 is 13.3. The molecule has 2 aromatic rings. The largest absolute Gasteiger partial charge is 0.458 e. The highest BCUT2D eigenvalue weighted by Crippen LogP contribution is 2.89. The highest BCUT2D eigenvalue weighted by Gasteiger charge is 2.84. The van der Waals surface area contributed by atoms with Crippen LogP contribution in [0.15, 0.2) is 54.9 Å². The van der Waals surface area contributed by atoms with Crippen LogP contribution in [0.25, 0.3) is 0 Å². The van der Waals surface area contributed by atoms with Crippen LogP contribution in [0.4, 0.5) is 0 Å². The Morgan fingerprint density at radius 1 is 0.980 bits per heavy atom. The topological polar surface area (TPSA) is 89.0 Å². The predicted octanol–water partition coefficient (Wildman–Crippen LogP) is 7.47. The fourth-order valence-electron chi connectivity index (χ4n) is 13.7. The van der Waals surface area contributed by atoms with Gasteiger partial charge in [-0.2, -0.15) is 0 Å². The van der Waals surface area contributed by atoms with E-state index >= 15 is 0 Å². The second kappa shape index (κ2) is 11.4. The molecule has 1 saturated heterocycles. The first kappa shape index (κ1) is 33.4. The summed E-state index contributed by atoms with van der Waals surface area (Å²) in [6.07, 6.45) is 11.0. The number of nitrogens with zero attached hydrogens (tertiary/aromatic N) is 2. The van der Waals surface area contributed by atoms with E-state index < -0.39 is 6.10 Å². The fraction of sp³-hybridized carbons (Fsp3) is 0.690. The number of benzene rings is 1. The van der Waals surface area contributed by atoms with E-state index in [0.717, 1.165) is 44.1 Å². The van der Waals surface area contributed by atoms with Crippen molar-refractivity contribution in [2.24, 2.45) is 50.7 Å². The van der Waals surface area contributed by atoms with Crippen molar-refractivity contribution in [3.63, 3.8) is 0 Å². The average Bonchev–Trinajstić information content (AvgIpc) is 3.71. The summed E-state index contributed by atoms with van der Waals surface area (Å²) in [6.45, 7) is 14.8. The number of carbonyl (C=O) groups excluding carboxylic acids is 2. The second-order valence-corrected chi connectivity index (χ2v) is 18.2. The molecule has 6 aliphatic rings. The summed E-state index contributed by atoms with van der Waals surface area (Å²) in [5.74, 6) is 1.43. The first-order valence-corrected chi connectivity index (χ1v) is 19.0. The minimum atomic E-state index is -0.534. The molecule has 8 rings (SSSR count). The van der Waals surface area contributed by atoms with Crippen molar-refractivity contribution in [1.82, 2.24) is 9.88 Å². The number of pyridine rings is 1. The van der Waals surface area contributed by atoms with Gasteiger partial charge in [0.15, 0.2) is 0 Å². The smallest absolute Gasteiger partial charge is 0.339 e. The Morgan fingerprint density at radius 2 is 1.71 bits per heavy atom. The summed E-state index contributed by atoms with van der Waals surface area (Å²) in [5, 5.41) is 12.6. The maximum atomic E-state index is 13.1. The van der Waals surface area contributed by atoms with Gasteiger partial charge in [-0.15, -0.1) is 0 Å². The van der Waals surface area contributed by atoms with Crippen molar-refractivity contribution in [3.8, 4) is 0 Å². The van der Waals surface area contributed by atoms with Gasteiger partial charge < -0.3 is 19.5 Å². The van der Waals surface area contributed by atoms with Crippen molar-refractivity contribution in [2.45, 2.75) is 124 Å². The zero-order valence-corrected chi connectivity index (χ0v) is 30.4. The minimum absolute atomic E-state index is 0.00965. The maximum absolute atomic E-state index is 13.1. The molecule has 6 fully saturated rings. The molecule has 1 aliphatic heterocycles. The molecular weight excluding hydrogens is 612 g/mol. The van der Waals surface area contributed by atoms with Crippen LogP contribution < -0.4 is 0 Å². The minimum Gasteiger partial charge on any atom is -0.458 e. The Balaban J connectivity index is 1.02. The van der Waals surface area contributed by atoms with Gasteiger partial charge >= 0.3 is 5.97 Å². The molecule has 1 aromatic carbocycles. The molecule has 49 heavy (non-hydrogen) atoms. The molecule has 264 valence electrons. The number of aliphatic hydroxyl groups excluding tert-OH is 1. The van der Waals surface area contributed by atoms with Gasteiger partial charge in [-0.3, -0.25) is 9.78 Å². The predicted molar refractivity (Wildman–Crippen MR) is 187 cm³/mol. The molecule has 1 aromatic heterocycles. The standard InChI is InChI=1S/C42H56N2O5/c1-26-21-30(24-44(27(2)45)23-28-11-8-7-9-12-28)48-35-34(26)39(5)18-19-42-25-41(42)17-16-33(49-37(47)29-13-10-20-43-22-29)38(3,4)31(41)14-15-32(42)40(39,6)36(35)46/h7-13,20,22,26,30-36,46H,14-19,21,23-25H2,1-6H3/t26-,30?,31+,32?,33?,34+,35?,36+,39?,40?,41?,42?/m1/s1. The van der Waals surface area contributed by atoms with Crippen LogP contribution in [-0.4, -0.2) is 57.8 Å². The number of carbonyl (C=O) groups is 2. The zero-order valence-electron chi connectivity index (χ0n) is 30.4. The van der Waals surface area contributed by atoms with Gasteiger partial charge in [0, 0.05) is 43.2 Å². The van der Waals surface area contributed by atoms with Crippen LogP contribution >= 0.6 is 0 Å². The van der Waals surface area contributed by atoms with Gasteiger partial charge in [-0.05, 0) is 109 Å². The van der Waals surface area contributed by atoms with E-state index in [1.165, 1.54) is 12.8 Å². The lowest BCUT2D eigenvalue weighted by atomic mass is 9.41. The first-order valence-electron chi connectivity index (χ1n) is 19.0. The van der Waals surface area contributed by atoms with Gasteiger partial charge in [0.05, 0.1) is 23.9 Å². The third kappa shape index (κ3) is 4.62. The van der Waals surface area contributed by atoms with E-state index in [-0.39, 0.29) is 57.3 Å². The number of hydrogen-bond donors (Lipinski definition) is 1. The Labute approximate surface area is 292 Å². The molecule has 1 amide bonds. The maximum Gasteiger partial charge on any atom is 0.339 e. The highest BCUT2D eigenvalue weighted by molar-refractivity contribution is 5.89. The van der Waals surface area contributed by atoms with Crippen LogP contribution in [0.5, 0.6) is 0 Å². The molecular formula is C42H56N2O5. The molecule has 2 heterocycles. The van der Waals surface area contributed by atoms with Gasteiger partial charge in [0.2, 0.25) is 5.91 Å². The molecule has 0 bridgehead atoms. The van der Waals surface area contributed by atoms with Gasteiger partial charge in [0.25, 0.3) is 0 Å². The van der Waals surface area contributed by atoms with E-state index in [4.69, 9.17) is 9.47 Å². The molecule has 5 saturated carbocycles. The Kier molecular flexibility index (Phi) is 7.74. The van der Waals surface area contributed by atoms with E-state index in [0.29, 0.717) is 42.3 Å². The van der Waals surface area contributed by atoms with Crippen LogP contribution in [0.1, 0.15) is 109 Å². The first-order chi connectivity index (χ1) is 23.3. The lowest BCUT2D eigenvalue weighted by molar-refractivity contribution is -0.183. The molecule has 0 radical (unpaired) electrons. The van der Waals surface area contributed by atoms with Crippen LogP contribution in [0.2, 0.25) is 0 Å². The monoisotopic (exact) mass is 668 g/mol. The number of aromatic nitrogens is 1. The molecule has 7 heteroatoms. The lowest BCUT2D eigenvalue weighted by Crippen LogP contribution is -2.60. The number of esters is 1. The Morgan fingerprint density at radius 3 is 2.43 bits per heavy atom. The van der Waals surface area contributed by atoms with Crippen molar-refractivity contribution in [3.05, 3.63) is 66.0 Å². The SMILES string of the molecule is CC(=O)N(Cc1ccccc1)CC1C[C@@H](C)[C@H]2C(O1)[C@H](O)C1(C)C3CC[C@H]4C(C)(C)C(OC(=O)c5cccnc5)CCC45CC35CCC21C. The summed E-state index contributed by atoms with van der Waals surface area (Å²) in [5.41, 5.74) is 1.75. The second-order valence-electron chi connectivity index (χ2n) is 18.2. The fourth-order valence-corrected chi connectivity index (χ4v) is 13.7. The van der Waals surface area contributed by atoms with Crippen LogP contribution in [0.3, 0.4) is 0 Å². The lowest BCUT2D eigenvalue weighted by Gasteiger charge is -2.63. The number of amides is 1. The quantitative estimate of drug-likeness (QED) is 0.322. The van der Waals surface area contributed by atoms with Gasteiger partial charge in [-0.1, -0.05) is 65.0 Å². The zero-order chi connectivity index (χ0) is 34.6. The summed E-state index contributed by atoms with van der Waals surface area (Å²) >= 11 is 0. The van der Waals surface area contributed by atoms with E-state index in [2.05, 4.69) is 51.7 Å². The van der Waals surface area contributed by atoms with Crippen LogP contribution in [-0.2, 0) is 20.8 Å². The molecule has 5 aliphatic carbocycles. The van der Waals surface area contributed by atoms with Gasteiger partial charge in [-0.25, -0.2) is 4.79 Å². The molecule has 2 spiro atoms. The third-order valence-corrected chi connectivity index (χ3v) is 16.0. The number of hydrogen-bond acceptors (Lipinski definition) is 6.